The van der Waals surface area contributed by atoms with E-state index in [1.165, 1.54) is 6.20 Å². The van der Waals surface area contributed by atoms with E-state index < -0.39 is 0 Å². The van der Waals surface area contributed by atoms with E-state index in [4.69, 9.17) is 26.0 Å². The van der Waals surface area contributed by atoms with E-state index in [0.29, 0.717) is 51.9 Å². The fraction of sp³-hybridized carbons (Fsp3) is 0.273. The van der Waals surface area contributed by atoms with E-state index in [9.17, 15) is 4.79 Å². The number of hydrogen-bond acceptors (Lipinski definition) is 7. The van der Waals surface area contributed by atoms with Crippen LogP contribution >= 0.6 is 11.6 Å². The molecule has 2 N–H and O–H groups in total. The summed E-state index contributed by atoms with van der Waals surface area (Å²) in [6.45, 7) is 0.583. The van der Waals surface area contributed by atoms with Crippen molar-refractivity contribution in [3.8, 4) is 11.4 Å². The number of ether oxygens (including phenoxy) is 1. The minimum atomic E-state index is -0.354. The van der Waals surface area contributed by atoms with Crippen LogP contribution < -0.4 is 5.32 Å². The first-order valence-electron chi connectivity index (χ1n) is 10.2. The summed E-state index contributed by atoms with van der Waals surface area (Å²) in [5.41, 5.74) is 3.01. The number of rotatable bonds is 8. The molecule has 4 aromatic rings. The molecule has 0 atom stereocenters. The molecule has 0 unspecified atom stereocenters. The molecule has 3 heterocycles. The maximum absolute atomic E-state index is 13.0. The second-order valence-corrected chi connectivity index (χ2v) is 7.97. The van der Waals surface area contributed by atoms with Crippen molar-refractivity contribution in [2.24, 2.45) is 0 Å². The van der Waals surface area contributed by atoms with E-state index in [1.54, 1.807) is 28.8 Å². The van der Waals surface area contributed by atoms with Gasteiger partial charge in [0.2, 0.25) is 11.7 Å². The number of carbonyl (C=O) groups excluding carboxylic acids is 1. The number of fused-ring (bicyclic) bond motifs is 1. The first-order valence-corrected chi connectivity index (χ1v) is 10.6. The van der Waals surface area contributed by atoms with E-state index >= 15 is 0 Å². The van der Waals surface area contributed by atoms with Crippen LogP contribution in [0.3, 0.4) is 0 Å². The van der Waals surface area contributed by atoms with E-state index in [-0.39, 0.29) is 19.1 Å². The van der Waals surface area contributed by atoms with Crippen molar-refractivity contribution < 1.29 is 19.2 Å². The molecule has 5 rings (SSSR count). The molecular weight excluding hydrogens is 434 g/mol. The monoisotopic (exact) mass is 453 g/mol. The third kappa shape index (κ3) is 4.22. The molecule has 1 aliphatic rings. The maximum atomic E-state index is 13.0. The van der Waals surface area contributed by atoms with Crippen molar-refractivity contribution >= 4 is 28.8 Å². The molecule has 9 nitrogen and oxygen atoms in total. The average molecular weight is 454 g/mol. The van der Waals surface area contributed by atoms with Gasteiger partial charge in [-0.3, -0.25) is 9.20 Å². The highest BCUT2D eigenvalue weighted by Crippen LogP contribution is 2.39. The second-order valence-electron chi connectivity index (χ2n) is 7.56. The maximum Gasteiger partial charge on any atom is 0.274 e. The van der Waals surface area contributed by atoms with Crippen LogP contribution in [0.2, 0.25) is 5.02 Å². The smallest absolute Gasteiger partial charge is 0.274 e. The van der Waals surface area contributed by atoms with Crippen molar-refractivity contribution in [2.75, 3.05) is 18.5 Å². The molecule has 0 bridgehead atoms. The number of pyridine rings is 1. The zero-order valence-electron chi connectivity index (χ0n) is 17.0. The summed E-state index contributed by atoms with van der Waals surface area (Å²) in [5.74, 6) is 1.12. The van der Waals surface area contributed by atoms with E-state index in [0.717, 1.165) is 18.4 Å². The van der Waals surface area contributed by atoms with Gasteiger partial charge in [-0.25, -0.2) is 4.98 Å². The predicted molar refractivity (Wildman–Crippen MR) is 117 cm³/mol. The van der Waals surface area contributed by atoms with Crippen LogP contribution in [0.15, 0.2) is 47.2 Å². The fourth-order valence-electron chi connectivity index (χ4n) is 3.33. The quantitative estimate of drug-likeness (QED) is 0.391. The van der Waals surface area contributed by atoms with Gasteiger partial charge in [0.05, 0.1) is 36.7 Å². The van der Waals surface area contributed by atoms with Gasteiger partial charge >= 0.3 is 0 Å². The zero-order chi connectivity index (χ0) is 22.1. The number of aromatic nitrogens is 4. The first-order chi connectivity index (χ1) is 15.6. The van der Waals surface area contributed by atoms with Crippen LogP contribution in [0.5, 0.6) is 0 Å². The number of anilines is 1. The van der Waals surface area contributed by atoms with Crippen LogP contribution in [0.4, 0.5) is 5.69 Å². The Kier molecular flexibility index (Phi) is 5.60. The highest BCUT2D eigenvalue weighted by atomic mass is 35.5. The topological polar surface area (TPSA) is 115 Å². The first kappa shape index (κ1) is 20.6. The van der Waals surface area contributed by atoms with Gasteiger partial charge in [-0.15, -0.1) is 0 Å². The highest BCUT2D eigenvalue weighted by Gasteiger charge is 2.29. The molecule has 1 aliphatic carbocycles. The molecule has 1 aromatic carbocycles. The molecule has 0 saturated heterocycles. The lowest BCUT2D eigenvalue weighted by Gasteiger charge is -2.09. The largest absolute Gasteiger partial charge is 0.394 e. The normalized spacial score (nSPS) is 13.6. The Bertz CT molecular complexity index is 1280. The average Bonchev–Trinajstić information content (AvgIpc) is 3.37. The SMILES string of the molecule is O=C(Nc1cc(-c2noc(C3CC3)n2)ccc1Cl)c1cnc2cc(COCCO)ccn12. The standard InChI is InChI=1S/C22H20ClN5O4/c23-16-4-3-15(20-26-22(32-27-20)14-1-2-14)10-17(16)25-21(30)18-11-24-19-9-13(5-6-28(18)19)12-31-8-7-29/h3-6,9-11,14,29H,1-2,7-8,12H2,(H,25,30). The summed E-state index contributed by atoms with van der Waals surface area (Å²) in [4.78, 5) is 21.7. The number of carbonyl (C=O) groups is 1. The molecular formula is C22H20ClN5O4. The Balaban J connectivity index is 1.35. The van der Waals surface area contributed by atoms with Gasteiger partial charge in [-0.2, -0.15) is 4.98 Å². The summed E-state index contributed by atoms with van der Waals surface area (Å²) in [7, 11) is 0. The van der Waals surface area contributed by atoms with Gasteiger partial charge in [0, 0.05) is 17.7 Å². The molecule has 10 heteroatoms. The fourth-order valence-corrected chi connectivity index (χ4v) is 3.50. The Morgan fingerprint density at radius 1 is 1.31 bits per heavy atom. The van der Waals surface area contributed by atoms with Crippen LogP contribution in [0.1, 0.15) is 40.7 Å². The molecule has 32 heavy (non-hydrogen) atoms. The van der Waals surface area contributed by atoms with Gasteiger partial charge in [-0.05, 0) is 48.7 Å². The van der Waals surface area contributed by atoms with Crippen LogP contribution in [0.25, 0.3) is 17.0 Å². The van der Waals surface area contributed by atoms with Crippen LogP contribution in [-0.4, -0.2) is 43.8 Å². The van der Waals surface area contributed by atoms with Crippen LogP contribution in [-0.2, 0) is 11.3 Å². The number of benzene rings is 1. The van der Waals surface area contributed by atoms with Gasteiger partial charge < -0.3 is 19.7 Å². The van der Waals surface area contributed by atoms with E-state index in [1.807, 2.05) is 12.1 Å². The Morgan fingerprint density at radius 2 is 2.19 bits per heavy atom. The minimum Gasteiger partial charge on any atom is -0.394 e. The Hall–Kier alpha value is -3.27. The Labute approximate surface area is 188 Å². The molecule has 1 amide bonds. The van der Waals surface area contributed by atoms with E-state index in [2.05, 4.69) is 20.4 Å². The van der Waals surface area contributed by atoms with Crippen molar-refractivity contribution in [1.29, 1.82) is 0 Å². The summed E-state index contributed by atoms with van der Waals surface area (Å²) in [6.07, 6.45) is 5.40. The second kappa shape index (κ2) is 8.70. The molecule has 0 radical (unpaired) electrons. The summed E-state index contributed by atoms with van der Waals surface area (Å²) in [5, 5.41) is 16.1. The van der Waals surface area contributed by atoms with Crippen molar-refractivity contribution in [2.45, 2.75) is 25.4 Å². The zero-order valence-corrected chi connectivity index (χ0v) is 17.7. The van der Waals surface area contributed by atoms with Gasteiger partial charge in [0.25, 0.3) is 5.91 Å². The van der Waals surface area contributed by atoms with Gasteiger partial charge in [0.15, 0.2) is 0 Å². The Morgan fingerprint density at radius 3 is 3.00 bits per heavy atom. The third-order valence-corrected chi connectivity index (χ3v) is 5.49. The van der Waals surface area contributed by atoms with Gasteiger partial charge in [0.1, 0.15) is 11.3 Å². The molecule has 164 valence electrons. The minimum absolute atomic E-state index is 0.0336. The molecule has 3 aromatic heterocycles. The van der Waals surface area contributed by atoms with Crippen molar-refractivity contribution in [3.63, 3.8) is 0 Å². The number of aliphatic hydroxyl groups excluding tert-OH is 1. The number of nitrogens with zero attached hydrogens (tertiary/aromatic N) is 4. The molecule has 1 fully saturated rings. The number of hydrogen-bond donors (Lipinski definition) is 2. The lowest BCUT2D eigenvalue weighted by atomic mass is 10.2. The number of aliphatic hydroxyl groups is 1. The lowest BCUT2D eigenvalue weighted by molar-refractivity contribution is 0.0815. The third-order valence-electron chi connectivity index (χ3n) is 5.16. The lowest BCUT2D eigenvalue weighted by Crippen LogP contribution is -2.14. The highest BCUT2D eigenvalue weighted by molar-refractivity contribution is 6.34. The van der Waals surface area contributed by atoms with Gasteiger partial charge in [-0.1, -0.05) is 16.8 Å². The predicted octanol–water partition coefficient (Wildman–Crippen LogP) is 3.68. The summed E-state index contributed by atoms with van der Waals surface area (Å²) < 4.78 is 12.3. The molecule has 0 spiro atoms. The molecule has 0 aliphatic heterocycles. The summed E-state index contributed by atoms with van der Waals surface area (Å²) >= 11 is 6.32. The number of amides is 1. The van der Waals surface area contributed by atoms with Crippen LogP contribution in [0, 0.1) is 0 Å². The molecule has 1 saturated carbocycles. The van der Waals surface area contributed by atoms with Crippen molar-refractivity contribution in [1.82, 2.24) is 19.5 Å². The van der Waals surface area contributed by atoms with Crippen molar-refractivity contribution in [3.05, 3.63) is 64.9 Å². The summed E-state index contributed by atoms with van der Waals surface area (Å²) in [6, 6.07) is 8.86. The number of imidazole rings is 1. The number of nitrogens with one attached hydrogen (secondary N) is 1. The number of halogens is 1.